The van der Waals surface area contributed by atoms with Crippen molar-refractivity contribution in [2.24, 2.45) is 0 Å². The van der Waals surface area contributed by atoms with Crippen LogP contribution in [0.4, 0.5) is 4.79 Å². The monoisotopic (exact) mass is 299 g/mol. The van der Waals surface area contributed by atoms with Gasteiger partial charge in [0.2, 0.25) is 5.89 Å². The van der Waals surface area contributed by atoms with E-state index in [4.69, 9.17) is 4.42 Å². The lowest BCUT2D eigenvalue weighted by molar-refractivity contribution is -0.133. The van der Waals surface area contributed by atoms with Crippen LogP contribution in [0.2, 0.25) is 0 Å². The van der Waals surface area contributed by atoms with Crippen LogP contribution in [0.25, 0.3) is 11.1 Å². The molecule has 114 valence electrons. The average molecular weight is 299 g/mol. The molecule has 2 aromatic rings. The minimum atomic E-state index is -0.693. The third kappa shape index (κ3) is 1.98. The summed E-state index contributed by atoms with van der Waals surface area (Å²) < 4.78 is 5.62. The van der Waals surface area contributed by atoms with Gasteiger partial charge in [-0.15, -0.1) is 0 Å². The first-order chi connectivity index (χ1) is 10.7. The summed E-state index contributed by atoms with van der Waals surface area (Å²) in [4.78, 5) is 30.5. The third-order valence-corrected chi connectivity index (χ3v) is 4.58. The fourth-order valence-corrected chi connectivity index (χ4v) is 3.44. The Labute approximate surface area is 127 Å². The highest BCUT2D eigenvalue weighted by molar-refractivity contribution is 6.07. The number of benzene rings is 1. The number of amides is 3. The number of aromatic nitrogens is 1. The molecule has 2 heterocycles. The first kappa shape index (κ1) is 13.3. The molecule has 22 heavy (non-hydrogen) atoms. The molecule has 0 radical (unpaired) electrons. The predicted molar refractivity (Wildman–Crippen MR) is 78.9 cm³/mol. The number of rotatable bonds is 2. The topological polar surface area (TPSA) is 75.4 Å². The first-order valence-electron chi connectivity index (χ1n) is 7.67. The van der Waals surface area contributed by atoms with E-state index in [1.54, 1.807) is 0 Å². The molecular weight excluding hydrogens is 282 g/mol. The molecule has 1 aliphatic carbocycles. The van der Waals surface area contributed by atoms with E-state index in [0.29, 0.717) is 11.5 Å². The summed E-state index contributed by atoms with van der Waals surface area (Å²) in [5.41, 5.74) is 0.704. The van der Waals surface area contributed by atoms with Crippen LogP contribution < -0.4 is 5.32 Å². The molecule has 0 atom stereocenters. The quantitative estimate of drug-likeness (QED) is 0.865. The molecule has 1 saturated carbocycles. The normalized spacial score (nSPS) is 20.8. The second-order valence-corrected chi connectivity index (χ2v) is 6.04. The number of carbonyl (C=O) groups excluding carboxylic acids is 2. The van der Waals surface area contributed by atoms with Crippen LogP contribution >= 0.6 is 0 Å². The van der Waals surface area contributed by atoms with Gasteiger partial charge in [-0.1, -0.05) is 31.4 Å². The van der Waals surface area contributed by atoms with E-state index in [1.165, 1.54) is 4.90 Å². The van der Waals surface area contributed by atoms with Crippen LogP contribution in [-0.2, 0) is 11.3 Å². The van der Waals surface area contributed by atoms with Crippen LogP contribution in [0, 0.1) is 0 Å². The lowest BCUT2D eigenvalue weighted by atomic mass is 9.82. The van der Waals surface area contributed by atoms with Crippen molar-refractivity contribution in [3.05, 3.63) is 30.2 Å². The molecule has 1 aliphatic heterocycles. The molecule has 0 unspecified atom stereocenters. The Morgan fingerprint density at radius 2 is 1.95 bits per heavy atom. The smallest absolute Gasteiger partial charge is 0.325 e. The summed E-state index contributed by atoms with van der Waals surface area (Å²) in [6, 6.07) is 7.06. The van der Waals surface area contributed by atoms with Crippen LogP contribution in [0.15, 0.2) is 28.7 Å². The van der Waals surface area contributed by atoms with Crippen LogP contribution in [-0.4, -0.2) is 27.4 Å². The van der Waals surface area contributed by atoms with Crippen molar-refractivity contribution in [1.29, 1.82) is 0 Å². The Bertz CT molecular complexity index is 713. The lowest BCUT2D eigenvalue weighted by Gasteiger charge is -2.30. The number of urea groups is 1. The molecule has 4 rings (SSSR count). The van der Waals surface area contributed by atoms with Gasteiger partial charge in [-0.05, 0) is 25.0 Å². The SMILES string of the molecule is O=C1NC2(CCCCC2)C(=O)N1Cc1nc2ccccc2o1. The van der Waals surface area contributed by atoms with Gasteiger partial charge in [0, 0.05) is 0 Å². The Balaban J connectivity index is 1.59. The van der Waals surface area contributed by atoms with Crippen molar-refractivity contribution in [3.8, 4) is 0 Å². The summed E-state index contributed by atoms with van der Waals surface area (Å²) in [6.45, 7) is 0.0844. The minimum Gasteiger partial charge on any atom is -0.439 e. The summed E-state index contributed by atoms with van der Waals surface area (Å²) in [5.74, 6) is 0.247. The molecule has 0 bridgehead atoms. The Hall–Kier alpha value is -2.37. The number of fused-ring (bicyclic) bond motifs is 1. The maximum atomic E-state index is 12.7. The van der Waals surface area contributed by atoms with Crippen molar-refractivity contribution in [1.82, 2.24) is 15.2 Å². The maximum absolute atomic E-state index is 12.7. The van der Waals surface area contributed by atoms with E-state index in [-0.39, 0.29) is 18.5 Å². The number of hydrogen-bond acceptors (Lipinski definition) is 4. The van der Waals surface area contributed by atoms with E-state index in [1.807, 2.05) is 24.3 Å². The van der Waals surface area contributed by atoms with Crippen molar-refractivity contribution < 1.29 is 14.0 Å². The lowest BCUT2D eigenvalue weighted by Crippen LogP contribution is -2.48. The number of oxazole rings is 1. The van der Waals surface area contributed by atoms with E-state index in [2.05, 4.69) is 10.3 Å². The van der Waals surface area contributed by atoms with Gasteiger partial charge in [-0.25, -0.2) is 9.78 Å². The molecule has 1 saturated heterocycles. The Morgan fingerprint density at radius 1 is 1.18 bits per heavy atom. The maximum Gasteiger partial charge on any atom is 0.325 e. The zero-order valence-corrected chi connectivity index (χ0v) is 12.2. The third-order valence-electron chi connectivity index (χ3n) is 4.58. The minimum absolute atomic E-state index is 0.0844. The van der Waals surface area contributed by atoms with Crippen molar-refractivity contribution in [3.63, 3.8) is 0 Å². The van der Waals surface area contributed by atoms with Gasteiger partial charge in [-0.2, -0.15) is 0 Å². The predicted octanol–water partition coefficient (Wildman–Crippen LogP) is 2.58. The first-order valence-corrected chi connectivity index (χ1v) is 7.67. The van der Waals surface area contributed by atoms with E-state index >= 15 is 0 Å². The average Bonchev–Trinajstić information content (AvgIpc) is 3.03. The van der Waals surface area contributed by atoms with Crippen LogP contribution in [0.1, 0.15) is 38.0 Å². The highest BCUT2D eigenvalue weighted by Gasteiger charge is 2.51. The number of hydrogen-bond donors (Lipinski definition) is 1. The highest BCUT2D eigenvalue weighted by atomic mass is 16.3. The zero-order valence-electron chi connectivity index (χ0n) is 12.2. The van der Waals surface area contributed by atoms with Gasteiger partial charge < -0.3 is 9.73 Å². The molecule has 1 spiro atoms. The molecule has 2 aliphatic rings. The number of nitrogens with zero attached hydrogens (tertiary/aromatic N) is 2. The summed E-state index contributed by atoms with van der Waals surface area (Å²) >= 11 is 0. The van der Waals surface area contributed by atoms with E-state index < -0.39 is 5.54 Å². The molecule has 3 amide bonds. The van der Waals surface area contributed by atoms with Gasteiger partial charge in [0.05, 0.1) is 0 Å². The molecule has 1 N–H and O–H groups in total. The van der Waals surface area contributed by atoms with Gasteiger partial charge in [0.25, 0.3) is 5.91 Å². The second kappa shape index (κ2) is 4.83. The molecule has 1 aromatic heterocycles. The number of carbonyl (C=O) groups is 2. The van der Waals surface area contributed by atoms with Gasteiger partial charge >= 0.3 is 6.03 Å². The van der Waals surface area contributed by atoms with Crippen LogP contribution in [0.3, 0.4) is 0 Å². The number of imide groups is 1. The van der Waals surface area contributed by atoms with E-state index in [9.17, 15) is 9.59 Å². The number of nitrogens with one attached hydrogen (secondary N) is 1. The molecule has 1 aromatic carbocycles. The fourth-order valence-electron chi connectivity index (χ4n) is 3.44. The van der Waals surface area contributed by atoms with E-state index in [0.717, 1.165) is 37.6 Å². The highest BCUT2D eigenvalue weighted by Crippen LogP contribution is 2.34. The number of para-hydroxylation sites is 2. The van der Waals surface area contributed by atoms with Crippen molar-refractivity contribution in [2.45, 2.75) is 44.2 Å². The summed E-state index contributed by atoms with van der Waals surface area (Å²) in [6.07, 6.45) is 4.52. The Morgan fingerprint density at radius 3 is 2.73 bits per heavy atom. The van der Waals surface area contributed by atoms with Gasteiger partial charge in [0.1, 0.15) is 17.6 Å². The largest absolute Gasteiger partial charge is 0.439 e. The molecule has 2 fully saturated rings. The molecular formula is C16H17N3O3. The zero-order chi connectivity index (χ0) is 15.2. The van der Waals surface area contributed by atoms with Gasteiger partial charge in [-0.3, -0.25) is 9.69 Å². The molecule has 6 nitrogen and oxygen atoms in total. The summed E-state index contributed by atoms with van der Waals surface area (Å²) in [5, 5.41) is 2.89. The Kier molecular flexibility index (Phi) is 2.92. The second-order valence-electron chi connectivity index (χ2n) is 6.04. The summed E-state index contributed by atoms with van der Waals surface area (Å²) in [7, 11) is 0. The van der Waals surface area contributed by atoms with Crippen LogP contribution in [0.5, 0.6) is 0 Å². The van der Waals surface area contributed by atoms with Crippen molar-refractivity contribution >= 4 is 23.0 Å². The van der Waals surface area contributed by atoms with Crippen molar-refractivity contribution in [2.75, 3.05) is 0 Å². The van der Waals surface area contributed by atoms with Gasteiger partial charge in [0.15, 0.2) is 5.58 Å². The molecule has 6 heteroatoms. The standard InChI is InChI=1S/C16H17N3O3/c20-14-16(8-4-1-5-9-16)18-15(21)19(14)10-13-17-11-6-2-3-7-12(11)22-13/h2-3,6-7H,1,4-5,8-10H2,(H,18,21). The fraction of sp³-hybridized carbons (Fsp3) is 0.438.